The molecule has 0 aromatic heterocycles. The van der Waals surface area contributed by atoms with E-state index in [-0.39, 0.29) is 11.3 Å². The molecule has 2 aromatic carbocycles. The highest BCUT2D eigenvalue weighted by atomic mass is 35.5. The summed E-state index contributed by atoms with van der Waals surface area (Å²) < 4.78 is 12.9. The van der Waals surface area contributed by atoms with Crippen LogP contribution >= 0.6 is 23.2 Å². The second-order valence-corrected chi connectivity index (χ2v) is 4.65. The van der Waals surface area contributed by atoms with Crippen molar-refractivity contribution < 1.29 is 9.18 Å². The average Bonchev–Trinajstić information content (AvgIpc) is 2.32. The molecule has 19 heavy (non-hydrogen) atoms. The van der Waals surface area contributed by atoms with Gasteiger partial charge in [-0.05, 0) is 36.4 Å². The number of amides is 1. The number of carbonyl (C=O) groups excluding carboxylic acids is 1. The van der Waals surface area contributed by atoms with Crippen LogP contribution in [0.5, 0.6) is 0 Å². The second-order valence-electron chi connectivity index (χ2n) is 3.81. The molecule has 0 aliphatic carbocycles. The Morgan fingerprint density at radius 2 is 1.89 bits per heavy atom. The first-order valence-corrected chi connectivity index (χ1v) is 6.04. The third-order valence-corrected chi connectivity index (χ3v) is 2.99. The maximum Gasteiger partial charge on any atom is 0.257 e. The molecule has 0 atom stereocenters. The minimum atomic E-state index is -0.501. The predicted molar refractivity (Wildman–Crippen MR) is 75.2 cm³/mol. The highest BCUT2D eigenvalue weighted by Crippen LogP contribution is 2.26. The first kappa shape index (κ1) is 13.6. The van der Waals surface area contributed by atoms with Crippen LogP contribution in [0.2, 0.25) is 10.0 Å². The fourth-order valence-electron chi connectivity index (χ4n) is 1.52. The molecule has 0 aliphatic heterocycles. The molecule has 0 aliphatic rings. The zero-order valence-corrected chi connectivity index (χ0v) is 11.1. The highest BCUT2D eigenvalue weighted by Gasteiger charge is 2.12. The summed E-state index contributed by atoms with van der Waals surface area (Å²) in [6.45, 7) is 0. The van der Waals surface area contributed by atoms with Crippen LogP contribution in [0, 0.1) is 5.82 Å². The lowest BCUT2D eigenvalue weighted by atomic mass is 10.1. The lowest BCUT2D eigenvalue weighted by Crippen LogP contribution is -2.14. The number of nitrogens with two attached hydrogens (primary N) is 1. The quantitative estimate of drug-likeness (QED) is 0.824. The number of nitrogen functional groups attached to an aromatic ring is 1. The lowest BCUT2D eigenvalue weighted by molar-refractivity contribution is 0.102. The first-order valence-electron chi connectivity index (χ1n) is 5.29. The number of hydrogen-bond acceptors (Lipinski definition) is 2. The Hall–Kier alpha value is -1.78. The molecule has 1 amide bonds. The summed E-state index contributed by atoms with van der Waals surface area (Å²) in [6, 6.07) is 8.23. The maximum atomic E-state index is 12.9. The Labute approximate surface area is 119 Å². The van der Waals surface area contributed by atoms with Gasteiger partial charge in [0.2, 0.25) is 0 Å². The van der Waals surface area contributed by atoms with Gasteiger partial charge in [0.05, 0.1) is 16.3 Å². The summed E-state index contributed by atoms with van der Waals surface area (Å²) in [4.78, 5) is 12.0. The fraction of sp³-hybridized carbons (Fsp3) is 0. The lowest BCUT2D eigenvalue weighted by Gasteiger charge is -2.09. The summed E-state index contributed by atoms with van der Waals surface area (Å²) >= 11 is 11.7. The first-order chi connectivity index (χ1) is 8.97. The number of nitrogens with one attached hydrogen (secondary N) is 1. The van der Waals surface area contributed by atoms with E-state index >= 15 is 0 Å². The van der Waals surface area contributed by atoms with Crippen molar-refractivity contribution in [3.05, 3.63) is 57.8 Å². The van der Waals surface area contributed by atoms with E-state index in [1.165, 1.54) is 12.1 Å². The van der Waals surface area contributed by atoms with Crippen molar-refractivity contribution in [2.45, 2.75) is 0 Å². The van der Waals surface area contributed by atoms with E-state index in [2.05, 4.69) is 5.32 Å². The number of halogens is 3. The highest BCUT2D eigenvalue weighted by molar-refractivity contribution is 6.36. The molecule has 2 aromatic rings. The van der Waals surface area contributed by atoms with E-state index in [4.69, 9.17) is 28.9 Å². The van der Waals surface area contributed by atoms with Crippen molar-refractivity contribution in [3.8, 4) is 0 Å². The molecule has 6 heteroatoms. The van der Waals surface area contributed by atoms with E-state index in [0.717, 1.165) is 12.1 Å². The van der Waals surface area contributed by atoms with Gasteiger partial charge in [0.1, 0.15) is 5.82 Å². The van der Waals surface area contributed by atoms with E-state index in [1.54, 1.807) is 12.1 Å². The number of rotatable bonds is 2. The smallest absolute Gasteiger partial charge is 0.257 e. The molecule has 0 radical (unpaired) electrons. The molecule has 98 valence electrons. The largest absolute Gasteiger partial charge is 0.398 e. The molecular formula is C13H9Cl2FN2O. The predicted octanol–water partition coefficient (Wildman–Crippen LogP) is 3.97. The topological polar surface area (TPSA) is 55.1 Å². The van der Waals surface area contributed by atoms with Gasteiger partial charge in [-0.15, -0.1) is 0 Å². The van der Waals surface area contributed by atoms with Crippen LogP contribution in [-0.2, 0) is 0 Å². The minimum absolute atomic E-state index is 0.0579. The average molecular weight is 299 g/mol. The molecule has 3 nitrogen and oxygen atoms in total. The van der Waals surface area contributed by atoms with Crippen molar-refractivity contribution in [3.63, 3.8) is 0 Å². The van der Waals surface area contributed by atoms with Crippen molar-refractivity contribution in [1.29, 1.82) is 0 Å². The molecule has 3 N–H and O–H groups in total. The Morgan fingerprint density at radius 1 is 1.16 bits per heavy atom. The Kier molecular flexibility index (Phi) is 3.93. The van der Waals surface area contributed by atoms with Crippen molar-refractivity contribution in [1.82, 2.24) is 0 Å². The number of anilines is 2. The van der Waals surface area contributed by atoms with Crippen molar-refractivity contribution in [2.24, 2.45) is 0 Å². The van der Waals surface area contributed by atoms with Gasteiger partial charge in [-0.25, -0.2) is 4.39 Å². The molecular weight excluding hydrogens is 290 g/mol. The molecule has 0 heterocycles. The van der Waals surface area contributed by atoms with E-state index in [9.17, 15) is 9.18 Å². The number of carbonyl (C=O) groups is 1. The fourth-order valence-corrected chi connectivity index (χ4v) is 1.98. The van der Waals surface area contributed by atoms with Crippen LogP contribution < -0.4 is 11.1 Å². The maximum absolute atomic E-state index is 12.9. The van der Waals surface area contributed by atoms with E-state index < -0.39 is 11.7 Å². The molecule has 0 saturated heterocycles. The Morgan fingerprint density at radius 3 is 2.53 bits per heavy atom. The third-order valence-electron chi connectivity index (χ3n) is 2.44. The zero-order chi connectivity index (χ0) is 14.0. The van der Waals surface area contributed by atoms with Gasteiger partial charge in [0, 0.05) is 10.7 Å². The Bertz CT molecular complexity index is 647. The van der Waals surface area contributed by atoms with E-state index in [1.807, 2.05) is 0 Å². The monoisotopic (exact) mass is 298 g/mol. The summed E-state index contributed by atoms with van der Waals surface area (Å²) in [5.74, 6) is -0.972. The van der Waals surface area contributed by atoms with Crippen molar-refractivity contribution >= 4 is 40.5 Å². The Balaban J connectivity index is 2.25. The molecule has 0 saturated carbocycles. The van der Waals surface area contributed by atoms with Gasteiger partial charge in [-0.1, -0.05) is 23.2 Å². The SMILES string of the molecule is Nc1cc(F)ccc1C(=O)Nc1ccc(Cl)cc1Cl. The van der Waals surface area contributed by atoms with Crippen LogP contribution in [0.25, 0.3) is 0 Å². The normalized spacial score (nSPS) is 10.3. The van der Waals surface area contributed by atoms with Gasteiger partial charge in [-0.3, -0.25) is 4.79 Å². The number of hydrogen-bond donors (Lipinski definition) is 2. The minimum Gasteiger partial charge on any atom is -0.398 e. The van der Waals surface area contributed by atoms with Gasteiger partial charge in [0.15, 0.2) is 0 Å². The summed E-state index contributed by atoms with van der Waals surface area (Å²) in [5.41, 5.74) is 6.22. The summed E-state index contributed by atoms with van der Waals surface area (Å²) in [5, 5.41) is 3.35. The van der Waals surface area contributed by atoms with Gasteiger partial charge in [0.25, 0.3) is 5.91 Å². The second kappa shape index (κ2) is 5.47. The van der Waals surface area contributed by atoms with Crippen molar-refractivity contribution in [2.75, 3.05) is 11.1 Å². The third kappa shape index (κ3) is 3.16. The van der Waals surface area contributed by atoms with Crippen LogP contribution in [0.1, 0.15) is 10.4 Å². The molecule has 0 unspecified atom stereocenters. The van der Waals surface area contributed by atoms with Crippen LogP contribution in [-0.4, -0.2) is 5.91 Å². The van der Waals surface area contributed by atoms with Gasteiger partial charge < -0.3 is 11.1 Å². The molecule has 0 fully saturated rings. The number of benzene rings is 2. The summed E-state index contributed by atoms with van der Waals surface area (Å²) in [7, 11) is 0. The molecule has 0 spiro atoms. The molecule has 2 rings (SSSR count). The zero-order valence-electron chi connectivity index (χ0n) is 9.58. The van der Waals surface area contributed by atoms with Gasteiger partial charge in [-0.2, -0.15) is 0 Å². The standard InChI is InChI=1S/C13H9Cl2FN2O/c14-7-1-4-12(10(15)5-7)18-13(19)9-3-2-8(16)6-11(9)17/h1-6H,17H2,(H,18,19). The van der Waals surface area contributed by atoms with Crippen LogP contribution in [0.4, 0.5) is 15.8 Å². The molecule has 0 bridgehead atoms. The summed E-state index contributed by atoms with van der Waals surface area (Å²) in [6.07, 6.45) is 0. The van der Waals surface area contributed by atoms with Gasteiger partial charge >= 0.3 is 0 Å². The van der Waals surface area contributed by atoms with Crippen LogP contribution in [0.3, 0.4) is 0 Å². The van der Waals surface area contributed by atoms with E-state index in [0.29, 0.717) is 15.7 Å². The van der Waals surface area contributed by atoms with Crippen LogP contribution in [0.15, 0.2) is 36.4 Å².